The molecule has 0 radical (unpaired) electrons. The smallest absolute Gasteiger partial charge is 0.300 e. The zero-order chi connectivity index (χ0) is 25.1. The van der Waals surface area contributed by atoms with E-state index in [1.807, 2.05) is 32.9 Å². The van der Waals surface area contributed by atoms with E-state index < -0.39 is 23.5 Å². The number of anilines is 1. The lowest BCUT2D eigenvalue weighted by molar-refractivity contribution is -0.132. The molecule has 1 atom stereocenters. The number of ether oxygens (including phenoxy) is 1. The Hall–Kier alpha value is -3.93. The Morgan fingerprint density at radius 3 is 2.34 bits per heavy atom. The Kier molecular flexibility index (Phi) is 7.01. The second-order valence-electron chi connectivity index (χ2n) is 8.97. The number of Topliss-reactive ketones (excluding diaryl/α,β-unsaturated/α-hetero) is 1. The fraction of sp³-hybridized carbons (Fsp3) is 0.241. The van der Waals surface area contributed by atoms with E-state index in [0.717, 1.165) is 12.0 Å². The number of aliphatic hydroxyl groups excluding tert-OH is 1. The fourth-order valence-corrected chi connectivity index (χ4v) is 4.10. The van der Waals surface area contributed by atoms with Crippen LogP contribution < -0.4 is 9.64 Å². The van der Waals surface area contributed by atoms with E-state index >= 15 is 0 Å². The second kappa shape index (κ2) is 10.1. The van der Waals surface area contributed by atoms with Crippen LogP contribution in [0.5, 0.6) is 5.75 Å². The number of aryl methyl sites for hydroxylation is 1. The lowest BCUT2D eigenvalue weighted by Gasteiger charge is -2.25. The van der Waals surface area contributed by atoms with Crippen molar-refractivity contribution >= 4 is 23.1 Å². The van der Waals surface area contributed by atoms with Crippen LogP contribution in [0.1, 0.15) is 43.5 Å². The van der Waals surface area contributed by atoms with E-state index in [-0.39, 0.29) is 11.3 Å². The van der Waals surface area contributed by atoms with Gasteiger partial charge in [-0.25, -0.2) is 4.39 Å². The van der Waals surface area contributed by atoms with Gasteiger partial charge in [0, 0.05) is 11.3 Å². The first-order chi connectivity index (χ1) is 16.8. The third kappa shape index (κ3) is 4.97. The number of ketones is 1. The quantitative estimate of drug-likeness (QED) is 0.258. The number of amides is 1. The average Bonchev–Trinajstić information content (AvgIpc) is 3.13. The van der Waals surface area contributed by atoms with E-state index in [1.54, 1.807) is 36.4 Å². The molecule has 0 bridgehead atoms. The summed E-state index contributed by atoms with van der Waals surface area (Å²) in [4.78, 5) is 27.9. The van der Waals surface area contributed by atoms with Gasteiger partial charge in [-0.1, -0.05) is 57.2 Å². The molecule has 1 saturated heterocycles. The molecule has 1 amide bonds. The summed E-state index contributed by atoms with van der Waals surface area (Å²) in [5.41, 5.74) is 2.42. The zero-order valence-electron chi connectivity index (χ0n) is 20.0. The molecule has 35 heavy (non-hydrogen) atoms. The van der Waals surface area contributed by atoms with E-state index in [2.05, 4.69) is 0 Å². The molecular formula is C29H28FNO4. The number of halogens is 1. The number of aliphatic hydroxyl groups is 1. The number of hydrogen-bond donors (Lipinski definition) is 1. The summed E-state index contributed by atoms with van der Waals surface area (Å²) in [7, 11) is 0. The Morgan fingerprint density at radius 2 is 1.71 bits per heavy atom. The third-order valence-electron chi connectivity index (χ3n) is 5.94. The molecule has 1 heterocycles. The average molecular weight is 474 g/mol. The predicted molar refractivity (Wildman–Crippen MR) is 134 cm³/mol. The van der Waals surface area contributed by atoms with E-state index in [4.69, 9.17) is 4.74 Å². The van der Waals surface area contributed by atoms with Crippen LogP contribution in [0.3, 0.4) is 0 Å². The van der Waals surface area contributed by atoms with Crippen LogP contribution in [0, 0.1) is 11.7 Å². The molecule has 0 aromatic heterocycles. The monoisotopic (exact) mass is 473 g/mol. The van der Waals surface area contributed by atoms with E-state index in [1.165, 1.54) is 29.2 Å². The highest BCUT2D eigenvalue weighted by atomic mass is 19.1. The molecule has 1 N–H and O–H groups in total. The number of nitrogens with zero attached hydrogens (tertiary/aromatic N) is 1. The first kappa shape index (κ1) is 24.2. The van der Waals surface area contributed by atoms with Gasteiger partial charge >= 0.3 is 0 Å². The van der Waals surface area contributed by atoms with Crippen molar-refractivity contribution in [3.63, 3.8) is 0 Å². The molecule has 6 heteroatoms. The molecule has 1 aliphatic heterocycles. The van der Waals surface area contributed by atoms with E-state index in [0.29, 0.717) is 35.1 Å². The van der Waals surface area contributed by atoms with Crippen LogP contribution >= 0.6 is 0 Å². The standard InChI is InChI=1S/C29H28FNO4/c1-4-19-8-14-23(15-9-19)31-26(20-10-12-22(30)13-11-20)25(28(33)29(31)34)27(32)21-6-5-7-24(16-21)35-17-18(2)3/h5-16,18,26,32H,4,17H2,1-3H3/b27-25-. The molecule has 1 fully saturated rings. The Bertz CT molecular complexity index is 1260. The Balaban J connectivity index is 1.84. The largest absolute Gasteiger partial charge is 0.507 e. The number of hydrogen-bond acceptors (Lipinski definition) is 4. The lowest BCUT2D eigenvalue weighted by Crippen LogP contribution is -2.29. The summed E-state index contributed by atoms with van der Waals surface area (Å²) in [6.07, 6.45) is 0.829. The van der Waals surface area contributed by atoms with E-state index in [9.17, 15) is 19.1 Å². The van der Waals surface area contributed by atoms with Gasteiger partial charge in [-0.05, 0) is 59.9 Å². The molecule has 0 aliphatic carbocycles. The van der Waals surface area contributed by atoms with Crippen molar-refractivity contribution < 1.29 is 23.8 Å². The van der Waals surface area contributed by atoms with Crippen molar-refractivity contribution in [2.24, 2.45) is 5.92 Å². The summed E-state index contributed by atoms with van der Waals surface area (Å²) < 4.78 is 19.5. The van der Waals surface area contributed by atoms with Crippen LogP contribution in [0.15, 0.2) is 78.4 Å². The maximum absolute atomic E-state index is 13.7. The molecular weight excluding hydrogens is 445 g/mol. The summed E-state index contributed by atoms with van der Waals surface area (Å²) in [6.45, 7) is 6.58. The molecule has 5 nitrogen and oxygen atoms in total. The van der Waals surface area contributed by atoms with Crippen molar-refractivity contribution in [3.8, 4) is 5.75 Å². The van der Waals surface area contributed by atoms with Gasteiger partial charge in [0.05, 0.1) is 18.2 Å². The van der Waals surface area contributed by atoms with Gasteiger partial charge in [0.15, 0.2) is 0 Å². The number of carbonyl (C=O) groups excluding carboxylic acids is 2. The molecule has 3 aromatic rings. The third-order valence-corrected chi connectivity index (χ3v) is 5.94. The van der Waals surface area contributed by atoms with Crippen LogP contribution in [0.25, 0.3) is 5.76 Å². The lowest BCUT2D eigenvalue weighted by atomic mass is 9.95. The van der Waals surface area contributed by atoms with Crippen molar-refractivity contribution in [1.82, 2.24) is 0 Å². The molecule has 4 rings (SSSR count). The van der Waals surface area contributed by atoms with Crippen molar-refractivity contribution in [1.29, 1.82) is 0 Å². The predicted octanol–water partition coefficient (Wildman–Crippen LogP) is 6.05. The SMILES string of the molecule is CCc1ccc(N2C(=O)C(=O)/C(=C(\O)c3cccc(OCC(C)C)c3)C2c2ccc(F)cc2)cc1. The number of benzene rings is 3. The number of carbonyl (C=O) groups is 2. The Morgan fingerprint density at radius 1 is 1.03 bits per heavy atom. The van der Waals surface area contributed by atoms with Gasteiger partial charge in [0.25, 0.3) is 11.7 Å². The van der Waals surface area contributed by atoms with Crippen LogP contribution in [0.4, 0.5) is 10.1 Å². The maximum Gasteiger partial charge on any atom is 0.300 e. The maximum atomic E-state index is 13.7. The van der Waals surface area contributed by atoms with Crippen molar-refractivity contribution in [3.05, 3.63) is 101 Å². The molecule has 0 saturated carbocycles. The molecule has 3 aromatic carbocycles. The minimum absolute atomic E-state index is 0.0535. The first-order valence-corrected chi connectivity index (χ1v) is 11.7. The van der Waals surface area contributed by atoms with Crippen LogP contribution in [-0.2, 0) is 16.0 Å². The van der Waals surface area contributed by atoms with Crippen molar-refractivity contribution in [2.75, 3.05) is 11.5 Å². The summed E-state index contributed by atoms with van der Waals surface area (Å²) in [5.74, 6) is -1.43. The Labute approximate surface area is 204 Å². The van der Waals surface area contributed by atoms with Gasteiger partial charge in [-0.2, -0.15) is 0 Å². The highest BCUT2D eigenvalue weighted by molar-refractivity contribution is 6.51. The van der Waals surface area contributed by atoms with Gasteiger partial charge < -0.3 is 9.84 Å². The van der Waals surface area contributed by atoms with Gasteiger partial charge in [-0.3, -0.25) is 14.5 Å². The highest BCUT2D eigenvalue weighted by Crippen LogP contribution is 2.42. The second-order valence-corrected chi connectivity index (χ2v) is 8.97. The minimum atomic E-state index is -0.914. The number of rotatable bonds is 7. The van der Waals surface area contributed by atoms with Gasteiger partial charge in [0.2, 0.25) is 0 Å². The molecule has 180 valence electrons. The summed E-state index contributed by atoms with van der Waals surface area (Å²) >= 11 is 0. The highest BCUT2D eigenvalue weighted by Gasteiger charge is 2.47. The van der Waals surface area contributed by atoms with Gasteiger partial charge in [-0.15, -0.1) is 0 Å². The fourth-order valence-electron chi connectivity index (χ4n) is 4.10. The first-order valence-electron chi connectivity index (χ1n) is 11.7. The minimum Gasteiger partial charge on any atom is -0.507 e. The van der Waals surface area contributed by atoms with Crippen LogP contribution in [0.2, 0.25) is 0 Å². The molecule has 1 unspecified atom stereocenters. The summed E-state index contributed by atoms with van der Waals surface area (Å²) in [6, 6.07) is 18.8. The zero-order valence-corrected chi connectivity index (χ0v) is 20.0. The normalized spacial score (nSPS) is 17.3. The molecule has 1 aliphatic rings. The molecule has 0 spiro atoms. The van der Waals surface area contributed by atoms with Gasteiger partial charge in [0.1, 0.15) is 17.3 Å². The topological polar surface area (TPSA) is 66.8 Å². The summed E-state index contributed by atoms with van der Waals surface area (Å²) in [5, 5.41) is 11.3. The van der Waals surface area contributed by atoms with Crippen LogP contribution in [-0.4, -0.2) is 23.4 Å². The van der Waals surface area contributed by atoms with Crippen molar-refractivity contribution in [2.45, 2.75) is 33.2 Å².